The van der Waals surface area contributed by atoms with Gasteiger partial charge in [-0.05, 0) is 94.2 Å². The number of carbonyl (C=O) groups excluding carboxylic acids is 2. The Bertz CT molecular complexity index is 1220. The molecule has 232 valence electrons. The Morgan fingerprint density at radius 3 is 2.57 bits per heavy atom. The smallest absolute Gasteiger partial charge is 0.339 e. The van der Waals surface area contributed by atoms with Gasteiger partial charge < -0.3 is 33.9 Å². The van der Waals surface area contributed by atoms with Crippen molar-refractivity contribution < 1.29 is 43.5 Å². The first-order valence-electron chi connectivity index (χ1n) is 15.1. The summed E-state index contributed by atoms with van der Waals surface area (Å²) in [7, 11) is 1.56. The molecule has 1 aromatic rings. The van der Waals surface area contributed by atoms with Crippen molar-refractivity contribution in [1.82, 2.24) is 4.90 Å². The highest BCUT2D eigenvalue weighted by Gasteiger charge is 2.59. The topological polar surface area (TPSA) is 124 Å². The Kier molecular flexibility index (Phi) is 8.53. The predicted octanol–water partition coefficient (Wildman–Crippen LogP) is 3.61. The molecular formula is C32H45NO9. The van der Waals surface area contributed by atoms with Crippen LogP contribution in [0.15, 0.2) is 24.0 Å². The summed E-state index contributed by atoms with van der Waals surface area (Å²) in [6, 6.07) is 4.02. The van der Waals surface area contributed by atoms with Crippen LogP contribution in [0.5, 0.6) is 11.5 Å². The van der Waals surface area contributed by atoms with E-state index in [1.807, 2.05) is 26.0 Å². The summed E-state index contributed by atoms with van der Waals surface area (Å²) in [4.78, 5) is 29.2. The number of methoxy groups -OCH3 is 1. The number of aliphatic hydroxyl groups is 2. The highest BCUT2D eigenvalue weighted by Crippen LogP contribution is 2.55. The fourth-order valence-electron chi connectivity index (χ4n) is 6.94. The van der Waals surface area contributed by atoms with Gasteiger partial charge in [0.15, 0.2) is 23.2 Å². The minimum Gasteiger partial charge on any atom is -0.497 e. The van der Waals surface area contributed by atoms with Gasteiger partial charge in [-0.1, -0.05) is 13.8 Å². The Morgan fingerprint density at radius 1 is 1.14 bits per heavy atom. The van der Waals surface area contributed by atoms with Crippen molar-refractivity contribution in [2.45, 2.75) is 101 Å². The molecule has 1 spiro atoms. The molecule has 1 aromatic carbocycles. The number of hydrogen-bond donors (Lipinski definition) is 2. The summed E-state index contributed by atoms with van der Waals surface area (Å²) in [5, 5.41) is 22.0. The summed E-state index contributed by atoms with van der Waals surface area (Å²) in [5.74, 6) is 0.104. The van der Waals surface area contributed by atoms with Crippen LogP contribution in [0.1, 0.15) is 83.3 Å². The number of esters is 2. The van der Waals surface area contributed by atoms with Crippen molar-refractivity contribution in [3.63, 3.8) is 0 Å². The quantitative estimate of drug-likeness (QED) is 0.371. The average molecular weight is 588 g/mol. The van der Waals surface area contributed by atoms with E-state index in [1.165, 1.54) is 0 Å². The third-order valence-corrected chi connectivity index (χ3v) is 8.97. The molecule has 0 bridgehead atoms. The van der Waals surface area contributed by atoms with Crippen molar-refractivity contribution >= 4 is 11.9 Å². The standard InChI is InChI=1S/C32H45NO9/c1-20(2)18-39-26(34)17-32(37,11-6-9-30(3,4)36)29(35)42-28-25(38-5)16-31-10-7-12-33(31)13-8-21-14-23-24(41-19-40-23)15-22(21)27(28)31/h14-16,20,27-28,36-37H,6-13,17-19H2,1-5H3. The maximum atomic E-state index is 14.0. The van der Waals surface area contributed by atoms with Crippen molar-refractivity contribution in [3.8, 4) is 11.5 Å². The molecule has 5 rings (SSSR count). The van der Waals surface area contributed by atoms with Crippen LogP contribution < -0.4 is 9.47 Å². The molecule has 4 unspecified atom stereocenters. The zero-order valence-corrected chi connectivity index (χ0v) is 25.4. The van der Waals surface area contributed by atoms with Gasteiger partial charge in [0.25, 0.3) is 0 Å². The molecule has 4 atom stereocenters. The van der Waals surface area contributed by atoms with Gasteiger partial charge in [0.1, 0.15) is 5.76 Å². The van der Waals surface area contributed by atoms with Crippen LogP contribution in [-0.2, 0) is 30.2 Å². The number of rotatable bonds is 11. The molecule has 4 aliphatic rings. The monoisotopic (exact) mass is 587 g/mol. The van der Waals surface area contributed by atoms with Crippen molar-refractivity contribution in [2.75, 3.05) is 33.6 Å². The molecule has 10 heteroatoms. The summed E-state index contributed by atoms with van der Waals surface area (Å²) >= 11 is 0. The van der Waals surface area contributed by atoms with Gasteiger partial charge >= 0.3 is 11.9 Å². The van der Waals surface area contributed by atoms with Crippen LogP contribution in [0.25, 0.3) is 0 Å². The molecule has 1 aliphatic carbocycles. The average Bonchev–Trinajstić information content (AvgIpc) is 3.60. The van der Waals surface area contributed by atoms with Crippen molar-refractivity contribution in [3.05, 3.63) is 35.1 Å². The highest BCUT2D eigenvalue weighted by molar-refractivity contribution is 5.86. The van der Waals surface area contributed by atoms with E-state index < -0.39 is 41.2 Å². The van der Waals surface area contributed by atoms with Gasteiger partial charge in [-0.2, -0.15) is 0 Å². The van der Waals surface area contributed by atoms with Crippen molar-refractivity contribution in [1.29, 1.82) is 0 Å². The van der Waals surface area contributed by atoms with Crippen LogP contribution in [0.3, 0.4) is 0 Å². The second kappa shape index (κ2) is 11.7. The van der Waals surface area contributed by atoms with Gasteiger partial charge in [-0.25, -0.2) is 4.79 Å². The zero-order chi connectivity index (χ0) is 30.3. The number of nitrogens with zero attached hydrogens (tertiary/aromatic N) is 1. The first-order chi connectivity index (χ1) is 19.8. The Labute approximate surface area is 247 Å². The molecular weight excluding hydrogens is 542 g/mol. The molecule has 0 saturated carbocycles. The normalized spacial score (nSPS) is 26.0. The third kappa shape index (κ3) is 5.98. The minimum absolute atomic E-state index is 0.0669. The van der Waals surface area contributed by atoms with Crippen LogP contribution in [0.2, 0.25) is 0 Å². The van der Waals surface area contributed by atoms with Crippen molar-refractivity contribution in [2.24, 2.45) is 5.92 Å². The van der Waals surface area contributed by atoms with Gasteiger partial charge in [-0.15, -0.1) is 0 Å². The van der Waals surface area contributed by atoms with E-state index in [9.17, 15) is 19.8 Å². The van der Waals surface area contributed by atoms with Crippen LogP contribution in [0.4, 0.5) is 0 Å². The summed E-state index contributed by atoms with van der Waals surface area (Å²) in [5.41, 5.74) is -1.44. The number of ether oxygens (including phenoxy) is 5. The Morgan fingerprint density at radius 2 is 1.88 bits per heavy atom. The molecule has 3 aliphatic heterocycles. The maximum Gasteiger partial charge on any atom is 0.339 e. The lowest BCUT2D eigenvalue weighted by Gasteiger charge is -2.39. The third-order valence-electron chi connectivity index (χ3n) is 8.97. The predicted molar refractivity (Wildman–Crippen MR) is 153 cm³/mol. The first-order valence-corrected chi connectivity index (χ1v) is 15.1. The fourth-order valence-corrected chi connectivity index (χ4v) is 6.94. The molecule has 1 saturated heterocycles. The Hall–Kier alpha value is -2.82. The van der Waals surface area contributed by atoms with Crippen LogP contribution >= 0.6 is 0 Å². The number of fused-ring (bicyclic) bond motifs is 3. The molecule has 10 nitrogen and oxygen atoms in total. The summed E-state index contributed by atoms with van der Waals surface area (Å²) in [6.45, 7) is 9.23. The fraction of sp³-hybridized carbons (Fsp3) is 0.688. The molecule has 0 aromatic heterocycles. The van der Waals surface area contributed by atoms with E-state index in [0.29, 0.717) is 30.1 Å². The number of carbonyl (C=O) groups is 2. The van der Waals surface area contributed by atoms with E-state index in [2.05, 4.69) is 11.0 Å². The molecule has 42 heavy (non-hydrogen) atoms. The molecule has 1 fully saturated rings. The van der Waals surface area contributed by atoms with Crippen LogP contribution in [0, 0.1) is 5.92 Å². The molecule has 0 radical (unpaired) electrons. The summed E-state index contributed by atoms with van der Waals surface area (Å²) in [6.07, 6.45) is 3.96. The van der Waals surface area contributed by atoms with E-state index in [1.54, 1.807) is 21.0 Å². The van der Waals surface area contributed by atoms with E-state index >= 15 is 0 Å². The highest BCUT2D eigenvalue weighted by atomic mass is 16.7. The van der Waals surface area contributed by atoms with Gasteiger partial charge in [-0.3, -0.25) is 9.69 Å². The maximum absolute atomic E-state index is 14.0. The van der Waals surface area contributed by atoms with E-state index in [0.717, 1.165) is 43.5 Å². The zero-order valence-electron chi connectivity index (χ0n) is 25.4. The largest absolute Gasteiger partial charge is 0.497 e. The first kappa shape index (κ1) is 30.6. The van der Waals surface area contributed by atoms with Gasteiger partial charge in [0.2, 0.25) is 6.79 Å². The number of benzene rings is 1. The lowest BCUT2D eigenvalue weighted by Crippen LogP contribution is -2.49. The second-order valence-electron chi connectivity index (χ2n) is 13.2. The molecule has 2 N–H and O–H groups in total. The Balaban J connectivity index is 1.47. The van der Waals surface area contributed by atoms with E-state index in [-0.39, 0.29) is 31.7 Å². The lowest BCUT2D eigenvalue weighted by atomic mass is 9.77. The number of hydrogen-bond acceptors (Lipinski definition) is 10. The van der Waals surface area contributed by atoms with Gasteiger partial charge in [0, 0.05) is 6.54 Å². The van der Waals surface area contributed by atoms with Crippen LogP contribution in [-0.4, -0.2) is 83.5 Å². The summed E-state index contributed by atoms with van der Waals surface area (Å²) < 4.78 is 28.8. The van der Waals surface area contributed by atoms with E-state index in [4.69, 9.17) is 23.7 Å². The SMILES string of the molecule is COC1=CC23CCCN2CCc2cc4c(cc2C3C1OC(=O)C(O)(CCCC(C)(C)O)CC(=O)OCC(C)C)OCO4. The molecule has 0 amide bonds. The molecule has 3 heterocycles. The van der Waals surface area contributed by atoms with Gasteiger partial charge in [0.05, 0.1) is 37.2 Å². The second-order valence-corrected chi connectivity index (χ2v) is 13.2. The minimum atomic E-state index is -2.13. The lowest BCUT2D eigenvalue weighted by molar-refractivity contribution is -0.179.